The molecule has 3 N–H and O–H groups in total. The van der Waals surface area contributed by atoms with Gasteiger partial charge in [-0.2, -0.15) is 0 Å². The van der Waals surface area contributed by atoms with Gasteiger partial charge in [0.2, 0.25) is 0 Å². The summed E-state index contributed by atoms with van der Waals surface area (Å²) in [5.74, 6) is -0.477. The molecule has 0 atom stereocenters. The van der Waals surface area contributed by atoms with Crippen molar-refractivity contribution in [2.45, 2.75) is 0 Å². The van der Waals surface area contributed by atoms with Crippen molar-refractivity contribution in [3.8, 4) is 11.1 Å². The molecule has 0 saturated carbocycles. The van der Waals surface area contributed by atoms with Crippen LogP contribution in [0.4, 0.5) is 0 Å². The molecule has 5 heteroatoms. The highest BCUT2D eigenvalue weighted by Gasteiger charge is 2.12. The number of carbonyl (C=O) groups is 1. The van der Waals surface area contributed by atoms with Crippen LogP contribution in [0.2, 0.25) is 0 Å². The summed E-state index contributed by atoms with van der Waals surface area (Å²) in [7, 11) is 1.85. The van der Waals surface area contributed by atoms with E-state index in [0.717, 1.165) is 16.5 Å². The minimum absolute atomic E-state index is 0.164. The number of primary amides is 1. The fraction of sp³-hybridized carbons (Fsp3) is 0.0667. The molecule has 0 bridgehead atoms. The fourth-order valence-corrected chi connectivity index (χ4v) is 2.40. The summed E-state index contributed by atoms with van der Waals surface area (Å²) >= 11 is 0. The molecule has 100 valence electrons. The first kappa shape index (κ1) is 12.2. The van der Waals surface area contributed by atoms with E-state index in [1.54, 1.807) is 24.5 Å². The van der Waals surface area contributed by atoms with Gasteiger partial charge in [0, 0.05) is 35.9 Å². The SMILES string of the molecule is Cn1cc(C(N)=O)c2cc(-c3ccc[nH]c3=O)ccc21. The molecule has 5 nitrogen and oxygen atoms in total. The molecular formula is C15H13N3O2. The third kappa shape index (κ3) is 1.80. The molecule has 3 rings (SSSR count). The smallest absolute Gasteiger partial charge is 0.255 e. The van der Waals surface area contributed by atoms with Crippen LogP contribution in [-0.2, 0) is 7.05 Å². The standard InChI is InChI=1S/C15H13N3O2/c1-18-8-12(14(16)19)11-7-9(4-5-13(11)18)10-3-2-6-17-15(10)20/h2-8H,1H3,(H2,16,19)(H,17,20). The summed E-state index contributed by atoms with van der Waals surface area (Å²) in [6.07, 6.45) is 3.29. The van der Waals surface area contributed by atoms with Crippen molar-refractivity contribution in [3.63, 3.8) is 0 Å². The average Bonchev–Trinajstić information content (AvgIpc) is 2.76. The monoisotopic (exact) mass is 267 g/mol. The first-order valence-electron chi connectivity index (χ1n) is 6.15. The summed E-state index contributed by atoms with van der Waals surface area (Å²) in [5, 5.41) is 0.751. The number of hydrogen-bond donors (Lipinski definition) is 2. The predicted octanol–water partition coefficient (Wildman–Crippen LogP) is 1.63. The molecule has 3 aromatic rings. The minimum Gasteiger partial charge on any atom is -0.366 e. The lowest BCUT2D eigenvalue weighted by Crippen LogP contribution is -2.10. The molecule has 0 fully saturated rings. The molecule has 0 aliphatic rings. The zero-order valence-electron chi connectivity index (χ0n) is 10.9. The molecule has 0 radical (unpaired) electrons. The lowest BCUT2D eigenvalue weighted by Gasteiger charge is -2.02. The van der Waals surface area contributed by atoms with E-state index >= 15 is 0 Å². The van der Waals surface area contributed by atoms with Crippen molar-refractivity contribution in [1.29, 1.82) is 0 Å². The lowest BCUT2D eigenvalue weighted by atomic mass is 10.0. The van der Waals surface area contributed by atoms with E-state index in [1.165, 1.54) is 0 Å². The first-order chi connectivity index (χ1) is 9.58. The maximum atomic E-state index is 11.8. The summed E-state index contributed by atoms with van der Waals surface area (Å²) < 4.78 is 1.84. The Labute approximate surface area is 114 Å². The molecule has 2 heterocycles. The van der Waals surface area contributed by atoms with Crippen LogP contribution in [0.1, 0.15) is 10.4 Å². The second-order valence-corrected chi connectivity index (χ2v) is 4.66. The Bertz CT molecular complexity index is 874. The van der Waals surface area contributed by atoms with Crippen LogP contribution in [0.3, 0.4) is 0 Å². The number of hydrogen-bond acceptors (Lipinski definition) is 2. The molecule has 2 aromatic heterocycles. The van der Waals surface area contributed by atoms with Gasteiger partial charge in [-0.15, -0.1) is 0 Å². The number of pyridine rings is 1. The van der Waals surface area contributed by atoms with Crippen molar-refractivity contribution in [2.75, 3.05) is 0 Å². The topological polar surface area (TPSA) is 80.9 Å². The van der Waals surface area contributed by atoms with Crippen LogP contribution in [-0.4, -0.2) is 15.5 Å². The van der Waals surface area contributed by atoms with Gasteiger partial charge in [0.25, 0.3) is 11.5 Å². The number of amides is 1. The number of nitrogens with one attached hydrogen (secondary N) is 1. The van der Waals surface area contributed by atoms with E-state index in [1.807, 2.05) is 29.8 Å². The van der Waals surface area contributed by atoms with E-state index in [0.29, 0.717) is 11.1 Å². The van der Waals surface area contributed by atoms with Crippen LogP contribution in [0.5, 0.6) is 0 Å². The lowest BCUT2D eigenvalue weighted by molar-refractivity contribution is 0.100. The van der Waals surface area contributed by atoms with E-state index in [9.17, 15) is 9.59 Å². The van der Waals surface area contributed by atoms with Crippen LogP contribution >= 0.6 is 0 Å². The fourth-order valence-electron chi connectivity index (χ4n) is 2.40. The molecule has 0 unspecified atom stereocenters. The van der Waals surface area contributed by atoms with Gasteiger partial charge < -0.3 is 15.3 Å². The molecule has 1 aromatic carbocycles. The number of benzene rings is 1. The minimum atomic E-state index is -0.477. The summed E-state index contributed by atoms with van der Waals surface area (Å²) in [6, 6.07) is 9.06. The largest absolute Gasteiger partial charge is 0.366 e. The first-order valence-corrected chi connectivity index (χ1v) is 6.15. The van der Waals surface area contributed by atoms with Gasteiger partial charge in [0.15, 0.2) is 0 Å². The van der Waals surface area contributed by atoms with Gasteiger partial charge >= 0.3 is 0 Å². The van der Waals surface area contributed by atoms with Gasteiger partial charge in [-0.1, -0.05) is 6.07 Å². The van der Waals surface area contributed by atoms with E-state index < -0.39 is 5.91 Å². The van der Waals surface area contributed by atoms with Gasteiger partial charge in [-0.3, -0.25) is 9.59 Å². The quantitative estimate of drug-likeness (QED) is 0.740. The Morgan fingerprint density at radius 3 is 2.80 bits per heavy atom. The normalized spacial score (nSPS) is 10.8. The van der Waals surface area contributed by atoms with Crippen molar-refractivity contribution in [3.05, 3.63) is 58.6 Å². The number of aryl methyl sites for hydroxylation is 1. The van der Waals surface area contributed by atoms with E-state index in [2.05, 4.69) is 4.98 Å². The van der Waals surface area contributed by atoms with E-state index in [-0.39, 0.29) is 5.56 Å². The summed E-state index contributed by atoms with van der Waals surface area (Å²) in [5.41, 5.74) is 7.90. The summed E-state index contributed by atoms with van der Waals surface area (Å²) in [4.78, 5) is 25.9. The van der Waals surface area contributed by atoms with Crippen LogP contribution in [0, 0.1) is 0 Å². The van der Waals surface area contributed by atoms with Crippen molar-refractivity contribution < 1.29 is 4.79 Å². The second kappa shape index (κ2) is 4.38. The van der Waals surface area contributed by atoms with Crippen LogP contribution in [0.15, 0.2) is 47.5 Å². The second-order valence-electron chi connectivity index (χ2n) is 4.66. The van der Waals surface area contributed by atoms with Gasteiger partial charge in [0.1, 0.15) is 0 Å². The number of nitrogens with zero attached hydrogens (tertiary/aromatic N) is 1. The van der Waals surface area contributed by atoms with Gasteiger partial charge in [-0.05, 0) is 29.8 Å². The Balaban J connectivity index is 2.30. The Hall–Kier alpha value is -2.82. The number of nitrogens with two attached hydrogens (primary N) is 1. The van der Waals surface area contributed by atoms with Gasteiger partial charge in [-0.25, -0.2) is 0 Å². The maximum absolute atomic E-state index is 11.8. The number of fused-ring (bicyclic) bond motifs is 1. The average molecular weight is 267 g/mol. The molecule has 0 spiro atoms. The Morgan fingerprint density at radius 1 is 1.30 bits per heavy atom. The number of aromatic amines is 1. The number of carbonyl (C=O) groups excluding carboxylic acids is 1. The number of H-pyrrole nitrogens is 1. The number of rotatable bonds is 2. The molecule has 0 aliphatic heterocycles. The van der Waals surface area contributed by atoms with Crippen molar-refractivity contribution in [2.24, 2.45) is 12.8 Å². The molecular weight excluding hydrogens is 254 g/mol. The van der Waals surface area contributed by atoms with Gasteiger partial charge in [0.05, 0.1) is 5.56 Å². The zero-order valence-corrected chi connectivity index (χ0v) is 10.9. The highest BCUT2D eigenvalue weighted by atomic mass is 16.1. The summed E-state index contributed by atoms with van der Waals surface area (Å²) in [6.45, 7) is 0. The highest BCUT2D eigenvalue weighted by molar-refractivity contribution is 6.07. The Kier molecular flexibility index (Phi) is 2.68. The zero-order chi connectivity index (χ0) is 14.3. The highest BCUT2D eigenvalue weighted by Crippen LogP contribution is 2.25. The molecule has 1 amide bonds. The third-order valence-electron chi connectivity index (χ3n) is 3.38. The van der Waals surface area contributed by atoms with Crippen LogP contribution < -0.4 is 11.3 Å². The predicted molar refractivity (Wildman–Crippen MR) is 77.5 cm³/mol. The number of aromatic nitrogens is 2. The van der Waals surface area contributed by atoms with E-state index in [4.69, 9.17) is 5.73 Å². The Morgan fingerprint density at radius 2 is 2.10 bits per heavy atom. The molecule has 0 aliphatic carbocycles. The van der Waals surface area contributed by atoms with Crippen LogP contribution in [0.25, 0.3) is 22.0 Å². The molecule has 0 saturated heterocycles. The van der Waals surface area contributed by atoms with Crippen molar-refractivity contribution >= 4 is 16.8 Å². The van der Waals surface area contributed by atoms with Crippen molar-refractivity contribution in [1.82, 2.24) is 9.55 Å². The molecule has 20 heavy (non-hydrogen) atoms. The third-order valence-corrected chi connectivity index (χ3v) is 3.38. The maximum Gasteiger partial charge on any atom is 0.255 e.